The predicted molar refractivity (Wildman–Crippen MR) is 120 cm³/mol. The van der Waals surface area contributed by atoms with Crippen molar-refractivity contribution in [1.82, 2.24) is 0 Å². The summed E-state index contributed by atoms with van der Waals surface area (Å²) in [4.78, 5) is 40.9. The van der Waals surface area contributed by atoms with E-state index < -0.39 is 27.9 Å². The number of allylic oxidation sites excluding steroid dienone is 6. The number of carbonyl (C=O) groups is 3. The van der Waals surface area contributed by atoms with Crippen molar-refractivity contribution in [1.29, 1.82) is 0 Å². The molecular weight excluding hydrogens is 376 g/mol. The fourth-order valence-corrected chi connectivity index (χ4v) is 5.23. The smallest absolute Gasteiger partial charge is 0.184 e. The van der Waals surface area contributed by atoms with Crippen LogP contribution in [-0.2, 0) is 14.4 Å². The largest absolute Gasteiger partial charge is 0.510 e. The third kappa shape index (κ3) is 3.42. The first-order chi connectivity index (χ1) is 13.6. The first kappa shape index (κ1) is 24.3. The molecule has 0 aromatic heterocycles. The summed E-state index contributed by atoms with van der Waals surface area (Å²) in [7, 11) is 0. The molecule has 0 aliphatic heterocycles. The lowest BCUT2D eigenvalue weighted by Gasteiger charge is -2.59. The lowest BCUT2D eigenvalue weighted by Crippen LogP contribution is -2.66. The Bertz CT molecular complexity index is 859. The van der Waals surface area contributed by atoms with Gasteiger partial charge in [-0.3, -0.25) is 14.4 Å². The Morgan fingerprint density at radius 1 is 1.07 bits per heavy atom. The van der Waals surface area contributed by atoms with Crippen LogP contribution in [0.15, 0.2) is 34.6 Å². The SMILES string of the molecule is CC(C)=CC[C@H]1C[C@]2(C)C(=O)[C@](CC=C(C)C)(C(=O)C(C(=O)C(C)C)=C2O)C1(C)C. The zero-order valence-corrected chi connectivity index (χ0v) is 20.1. The lowest BCUT2D eigenvalue weighted by atomic mass is 9.40. The van der Waals surface area contributed by atoms with E-state index in [1.54, 1.807) is 20.8 Å². The van der Waals surface area contributed by atoms with Crippen LogP contribution in [-0.4, -0.2) is 22.5 Å². The molecule has 30 heavy (non-hydrogen) atoms. The molecule has 3 atom stereocenters. The molecule has 166 valence electrons. The summed E-state index contributed by atoms with van der Waals surface area (Å²) in [5, 5.41) is 11.1. The van der Waals surface area contributed by atoms with E-state index in [9.17, 15) is 19.5 Å². The number of hydrogen-bond donors (Lipinski definition) is 1. The fourth-order valence-electron chi connectivity index (χ4n) is 5.23. The normalized spacial score (nSPS) is 30.4. The monoisotopic (exact) mass is 414 g/mol. The van der Waals surface area contributed by atoms with E-state index in [0.717, 1.165) is 12.0 Å². The van der Waals surface area contributed by atoms with Crippen LogP contribution >= 0.6 is 0 Å². The van der Waals surface area contributed by atoms with Crippen molar-refractivity contribution in [2.75, 3.05) is 0 Å². The molecule has 0 amide bonds. The second-order valence-corrected chi connectivity index (χ2v) is 10.8. The van der Waals surface area contributed by atoms with Crippen LogP contribution in [0.4, 0.5) is 0 Å². The number of ketones is 3. The third-order valence-electron chi connectivity index (χ3n) is 7.44. The molecule has 0 spiro atoms. The average molecular weight is 415 g/mol. The highest BCUT2D eigenvalue weighted by atomic mass is 16.3. The van der Waals surface area contributed by atoms with E-state index in [1.807, 2.05) is 47.6 Å². The van der Waals surface area contributed by atoms with Gasteiger partial charge in [0.2, 0.25) is 0 Å². The maximum atomic E-state index is 14.0. The minimum Gasteiger partial charge on any atom is -0.510 e. The van der Waals surface area contributed by atoms with Crippen LogP contribution in [0.25, 0.3) is 0 Å². The highest BCUT2D eigenvalue weighted by Gasteiger charge is 2.71. The zero-order chi connectivity index (χ0) is 23.2. The van der Waals surface area contributed by atoms with Gasteiger partial charge in [0.1, 0.15) is 16.7 Å². The molecule has 2 aliphatic carbocycles. The van der Waals surface area contributed by atoms with Crippen molar-refractivity contribution in [3.05, 3.63) is 34.6 Å². The van der Waals surface area contributed by atoms with Crippen molar-refractivity contribution in [2.24, 2.45) is 28.1 Å². The number of aliphatic hydroxyl groups is 1. The maximum absolute atomic E-state index is 14.0. The molecule has 2 bridgehead atoms. The molecule has 2 aliphatic rings. The molecule has 1 fully saturated rings. The summed E-state index contributed by atoms with van der Waals surface area (Å²) in [5.41, 5.74) is -1.20. The summed E-state index contributed by atoms with van der Waals surface area (Å²) in [6.45, 7) is 17.1. The Kier molecular flexibility index (Phi) is 6.43. The van der Waals surface area contributed by atoms with E-state index in [2.05, 4.69) is 6.08 Å². The van der Waals surface area contributed by atoms with Crippen LogP contribution in [0.3, 0.4) is 0 Å². The molecule has 0 radical (unpaired) electrons. The molecule has 0 unspecified atom stereocenters. The first-order valence-electron chi connectivity index (χ1n) is 11.0. The summed E-state index contributed by atoms with van der Waals surface area (Å²) in [6, 6.07) is 0. The van der Waals surface area contributed by atoms with Crippen molar-refractivity contribution < 1.29 is 19.5 Å². The molecule has 0 heterocycles. The summed E-state index contributed by atoms with van der Waals surface area (Å²) < 4.78 is 0. The fraction of sp³-hybridized carbons (Fsp3) is 0.654. The molecule has 1 N–H and O–H groups in total. The van der Waals surface area contributed by atoms with Crippen LogP contribution in [0.2, 0.25) is 0 Å². The van der Waals surface area contributed by atoms with Gasteiger partial charge >= 0.3 is 0 Å². The molecule has 0 aromatic rings. The lowest BCUT2D eigenvalue weighted by molar-refractivity contribution is -0.170. The van der Waals surface area contributed by atoms with Crippen molar-refractivity contribution in [2.45, 2.75) is 81.6 Å². The van der Waals surface area contributed by atoms with Gasteiger partial charge in [0.05, 0.1) is 5.41 Å². The first-order valence-corrected chi connectivity index (χ1v) is 11.0. The number of carbonyl (C=O) groups excluding carboxylic acids is 3. The average Bonchev–Trinajstić information content (AvgIpc) is 2.62. The van der Waals surface area contributed by atoms with Crippen LogP contribution < -0.4 is 0 Å². The number of Topliss-reactive ketones (excluding diaryl/α,β-unsaturated/α-hetero) is 3. The molecule has 0 saturated heterocycles. The zero-order valence-electron chi connectivity index (χ0n) is 20.1. The third-order valence-corrected chi connectivity index (χ3v) is 7.44. The second kappa shape index (κ2) is 7.94. The molecule has 4 heteroatoms. The topological polar surface area (TPSA) is 71.4 Å². The van der Waals surface area contributed by atoms with Gasteiger partial charge < -0.3 is 5.11 Å². The Labute approximate surface area is 181 Å². The minimum absolute atomic E-state index is 0.0162. The van der Waals surface area contributed by atoms with Gasteiger partial charge in [-0.05, 0) is 65.2 Å². The predicted octanol–water partition coefficient (Wildman–Crippen LogP) is 5.93. The Hall–Kier alpha value is -1.97. The number of rotatable bonds is 6. The van der Waals surface area contributed by atoms with Gasteiger partial charge in [-0.1, -0.05) is 51.0 Å². The quantitative estimate of drug-likeness (QED) is 0.332. The molecular formula is C26H38O4. The van der Waals surface area contributed by atoms with Gasteiger partial charge in [-0.2, -0.15) is 0 Å². The molecule has 0 aromatic carbocycles. The number of aliphatic hydroxyl groups excluding tert-OH is 1. The van der Waals surface area contributed by atoms with E-state index in [1.165, 1.54) is 5.57 Å². The Morgan fingerprint density at radius 2 is 1.60 bits per heavy atom. The highest BCUT2D eigenvalue weighted by Crippen LogP contribution is 2.65. The van der Waals surface area contributed by atoms with E-state index in [0.29, 0.717) is 6.42 Å². The van der Waals surface area contributed by atoms with Crippen LogP contribution in [0.5, 0.6) is 0 Å². The van der Waals surface area contributed by atoms with E-state index in [-0.39, 0.29) is 35.2 Å². The van der Waals surface area contributed by atoms with Crippen molar-refractivity contribution in [3.8, 4) is 0 Å². The Balaban J connectivity index is 2.87. The standard InChI is InChI=1S/C26H38O4/c1-15(2)10-11-18-14-25(9)21(28)19(20(27)17(5)6)22(29)26(23(25)30,24(18,7)8)13-12-16(3)4/h10,12,17-18,28H,11,13-14H2,1-9H3/t18-,25-,26-/m0/s1. The van der Waals surface area contributed by atoms with Crippen molar-refractivity contribution in [3.63, 3.8) is 0 Å². The second-order valence-electron chi connectivity index (χ2n) is 10.8. The molecule has 2 rings (SSSR count). The minimum atomic E-state index is -1.36. The molecule has 4 nitrogen and oxygen atoms in total. The van der Waals surface area contributed by atoms with Gasteiger partial charge in [-0.25, -0.2) is 0 Å². The number of hydrogen-bond acceptors (Lipinski definition) is 4. The van der Waals surface area contributed by atoms with Crippen molar-refractivity contribution >= 4 is 17.3 Å². The van der Waals surface area contributed by atoms with E-state index in [4.69, 9.17) is 0 Å². The van der Waals surface area contributed by atoms with Gasteiger partial charge in [-0.15, -0.1) is 0 Å². The van der Waals surface area contributed by atoms with Crippen LogP contribution in [0.1, 0.15) is 81.6 Å². The molecule has 1 saturated carbocycles. The summed E-state index contributed by atoms with van der Waals surface area (Å²) in [6.07, 6.45) is 5.47. The summed E-state index contributed by atoms with van der Waals surface area (Å²) in [5.74, 6) is -1.85. The number of fused-ring (bicyclic) bond motifs is 2. The van der Waals surface area contributed by atoms with E-state index >= 15 is 0 Å². The highest BCUT2D eigenvalue weighted by molar-refractivity contribution is 6.32. The van der Waals surface area contributed by atoms with Crippen LogP contribution in [0, 0.1) is 28.1 Å². The van der Waals surface area contributed by atoms with Gasteiger partial charge in [0.25, 0.3) is 0 Å². The summed E-state index contributed by atoms with van der Waals surface area (Å²) >= 11 is 0. The maximum Gasteiger partial charge on any atom is 0.184 e. The van der Waals surface area contributed by atoms with Gasteiger partial charge in [0, 0.05) is 5.92 Å². The Morgan fingerprint density at radius 3 is 2.07 bits per heavy atom. The van der Waals surface area contributed by atoms with Gasteiger partial charge in [0.15, 0.2) is 17.3 Å².